The van der Waals surface area contributed by atoms with Gasteiger partial charge in [-0.25, -0.2) is 0 Å². The number of hydrogen-bond acceptors (Lipinski definition) is 3. The summed E-state index contributed by atoms with van der Waals surface area (Å²) in [5.41, 5.74) is -0.396. The van der Waals surface area contributed by atoms with E-state index in [1.807, 2.05) is 27.7 Å². The maximum Gasteiger partial charge on any atom is 0.225 e. The number of aliphatic hydroxyl groups is 1. The topological polar surface area (TPSA) is 78.4 Å². The molecule has 18 heavy (non-hydrogen) atoms. The van der Waals surface area contributed by atoms with Gasteiger partial charge in [0.25, 0.3) is 0 Å². The van der Waals surface area contributed by atoms with Gasteiger partial charge in [-0.15, -0.1) is 0 Å². The monoisotopic (exact) mass is 258 g/mol. The standard InChI is InChI=1S/C13H26N2O3/c1-5-10(9-16)15-11(17)7-6-8-14-12(18)13(2,3)4/h10,16H,5-9H2,1-4H3,(H,14,18)(H,15,17)/t10-/m0/s1. The third-order valence-corrected chi connectivity index (χ3v) is 2.63. The van der Waals surface area contributed by atoms with Gasteiger partial charge in [-0.1, -0.05) is 27.7 Å². The Kier molecular flexibility index (Phi) is 7.59. The highest BCUT2D eigenvalue weighted by Gasteiger charge is 2.20. The molecule has 0 aromatic rings. The molecule has 5 nitrogen and oxygen atoms in total. The highest BCUT2D eigenvalue weighted by atomic mass is 16.3. The van der Waals surface area contributed by atoms with Crippen LogP contribution >= 0.6 is 0 Å². The van der Waals surface area contributed by atoms with E-state index in [1.54, 1.807) is 0 Å². The van der Waals surface area contributed by atoms with Crippen LogP contribution in [0.3, 0.4) is 0 Å². The van der Waals surface area contributed by atoms with Crippen LogP contribution in [0, 0.1) is 5.41 Å². The molecular formula is C13H26N2O3. The second-order valence-corrected chi connectivity index (χ2v) is 5.46. The Balaban J connectivity index is 3.73. The fourth-order valence-electron chi connectivity index (χ4n) is 1.29. The zero-order valence-electron chi connectivity index (χ0n) is 11.9. The first-order chi connectivity index (χ1) is 8.31. The first-order valence-electron chi connectivity index (χ1n) is 6.49. The largest absolute Gasteiger partial charge is 0.394 e. The Morgan fingerprint density at radius 3 is 2.33 bits per heavy atom. The molecule has 0 aromatic carbocycles. The molecule has 0 radical (unpaired) electrons. The zero-order chi connectivity index (χ0) is 14.2. The smallest absolute Gasteiger partial charge is 0.225 e. The molecule has 106 valence electrons. The molecule has 0 spiro atoms. The summed E-state index contributed by atoms with van der Waals surface area (Å²) in [6.45, 7) is 7.92. The summed E-state index contributed by atoms with van der Waals surface area (Å²) in [6.07, 6.45) is 1.68. The first kappa shape index (κ1) is 16.9. The van der Waals surface area contributed by atoms with Crippen LogP contribution in [0.25, 0.3) is 0 Å². The second kappa shape index (κ2) is 8.08. The Bertz CT molecular complexity index is 268. The van der Waals surface area contributed by atoms with Crippen LogP contribution in [0.5, 0.6) is 0 Å². The SMILES string of the molecule is CC[C@@H](CO)NC(=O)CCCNC(=O)C(C)(C)C. The molecule has 0 aliphatic carbocycles. The quantitative estimate of drug-likeness (QED) is 0.591. The van der Waals surface area contributed by atoms with E-state index in [4.69, 9.17) is 5.11 Å². The number of nitrogens with one attached hydrogen (secondary N) is 2. The Morgan fingerprint density at radius 1 is 1.28 bits per heavy atom. The molecule has 5 heteroatoms. The van der Waals surface area contributed by atoms with Crippen molar-refractivity contribution in [2.45, 2.75) is 53.0 Å². The lowest BCUT2D eigenvalue weighted by Gasteiger charge is -2.17. The van der Waals surface area contributed by atoms with E-state index in [0.717, 1.165) is 0 Å². The van der Waals surface area contributed by atoms with Gasteiger partial charge in [0.15, 0.2) is 0 Å². The molecule has 0 rings (SSSR count). The molecule has 0 bridgehead atoms. The summed E-state index contributed by atoms with van der Waals surface area (Å²) in [7, 11) is 0. The highest BCUT2D eigenvalue weighted by molar-refractivity contribution is 5.81. The summed E-state index contributed by atoms with van der Waals surface area (Å²) >= 11 is 0. The van der Waals surface area contributed by atoms with E-state index in [2.05, 4.69) is 10.6 Å². The van der Waals surface area contributed by atoms with E-state index in [-0.39, 0.29) is 24.5 Å². The molecule has 0 saturated heterocycles. The van der Waals surface area contributed by atoms with Crippen molar-refractivity contribution in [2.75, 3.05) is 13.2 Å². The van der Waals surface area contributed by atoms with Gasteiger partial charge < -0.3 is 15.7 Å². The molecule has 0 saturated carbocycles. The van der Waals surface area contributed by atoms with Crippen molar-refractivity contribution < 1.29 is 14.7 Å². The lowest BCUT2D eigenvalue weighted by molar-refractivity contribution is -0.128. The molecule has 0 heterocycles. The summed E-state index contributed by atoms with van der Waals surface area (Å²) < 4.78 is 0. The molecule has 1 atom stereocenters. The van der Waals surface area contributed by atoms with Gasteiger partial charge in [0.2, 0.25) is 11.8 Å². The third kappa shape index (κ3) is 7.27. The van der Waals surface area contributed by atoms with Crippen LogP contribution in [0.15, 0.2) is 0 Å². The van der Waals surface area contributed by atoms with Crippen LogP contribution in [-0.2, 0) is 9.59 Å². The molecule has 0 fully saturated rings. The van der Waals surface area contributed by atoms with Gasteiger partial charge in [0.05, 0.1) is 12.6 Å². The van der Waals surface area contributed by atoms with Crippen LogP contribution in [0.2, 0.25) is 0 Å². The van der Waals surface area contributed by atoms with Crippen molar-refractivity contribution in [1.82, 2.24) is 10.6 Å². The van der Waals surface area contributed by atoms with E-state index >= 15 is 0 Å². The van der Waals surface area contributed by atoms with Crippen molar-refractivity contribution in [3.05, 3.63) is 0 Å². The van der Waals surface area contributed by atoms with Gasteiger partial charge in [-0.2, -0.15) is 0 Å². The van der Waals surface area contributed by atoms with Gasteiger partial charge in [-0.05, 0) is 12.8 Å². The van der Waals surface area contributed by atoms with Gasteiger partial charge in [0.1, 0.15) is 0 Å². The lowest BCUT2D eigenvalue weighted by Crippen LogP contribution is -2.38. The zero-order valence-corrected chi connectivity index (χ0v) is 11.9. The molecule has 0 aliphatic heterocycles. The molecule has 0 aromatic heterocycles. The van der Waals surface area contributed by atoms with E-state index in [0.29, 0.717) is 25.8 Å². The fraction of sp³-hybridized carbons (Fsp3) is 0.846. The minimum atomic E-state index is -0.396. The molecule has 0 aliphatic rings. The maximum atomic E-state index is 11.5. The van der Waals surface area contributed by atoms with Crippen molar-refractivity contribution in [1.29, 1.82) is 0 Å². The lowest BCUT2D eigenvalue weighted by atomic mass is 9.96. The predicted molar refractivity (Wildman–Crippen MR) is 71.0 cm³/mol. The van der Waals surface area contributed by atoms with Gasteiger partial charge >= 0.3 is 0 Å². The second-order valence-electron chi connectivity index (χ2n) is 5.46. The van der Waals surface area contributed by atoms with Crippen LogP contribution in [0.1, 0.15) is 47.0 Å². The molecule has 3 N–H and O–H groups in total. The Hall–Kier alpha value is -1.10. The number of aliphatic hydroxyl groups excluding tert-OH is 1. The van der Waals surface area contributed by atoms with Crippen LogP contribution in [-0.4, -0.2) is 36.1 Å². The van der Waals surface area contributed by atoms with Gasteiger partial charge in [-0.3, -0.25) is 9.59 Å². The summed E-state index contributed by atoms with van der Waals surface area (Å²) in [6, 6.07) is -0.165. The number of amides is 2. The molecule has 2 amide bonds. The van der Waals surface area contributed by atoms with Crippen molar-refractivity contribution >= 4 is 11.8 Å². The summed E-state index contributed by atoms with van der Waals surface area (Å²) in [4.78, 5) is 23.0. The van der Waals surface area contributed by atoms with Crippen molar-refractivity contribution in [3.63, 3.8) is 0 Å². The number of hydrogen-bond donors (Lipinski definition) is 3. The highest BCUT2D eigenvalue weighted by Crippen LogP contribution is 2.12. The Labute approximate surface area is 109 Å². The number of carbonyl (C=O) groups is 2. The summed E-state index contributed by atoms with van der Waals surface area (Å²) in [5.74, 6) is -0.0920. The van der Waals surface area contributed by atoms with Gasteiger partial charge in [0, 0.05) is 18.4 Å². The Morgan fingerprint density at radius 2 is 1.89 bits per heavy atom. The number of rotatable bonds is 7. The maximum absolute atomic E-state index is 11.5. The molecular weight excluding hydrogens is 232 g/mol. The van der Waals surface area contributed by atoms with E-state index < -0.39 is 5.41 Å². The average molecular weight is 258 g/mol. The normalized spacial score (nSPS) is 12.9. The minimum Gasteiger partial charge on any atom is -0.394 e. The van der Waals surface area contributed by atoms with Crippen LogP contribution < -0.4 is 10.6 Å². The fourth-order valence-corrected chi connectivity index (χ4v) is 1.29. The van der Waals surface area contributed by atoms with E-state index in [9.17, 15) is 9.59 Å². The first-order valence-corrected chi connectivity index (χ1v) is 6.49. The third-order valence-electron chi connectivity index (χ3n) is 2.63. The minimum absolute atomic E-state index is 0.00954. The van der Waals surface area contributed by atoms with Crippen molar-refractivity contribution in [3.8, 4) is 0 Å². The van der Waals surface area contributed by atoms with Crippen LogP contribution in [0.4, 0.5) is 0 Å². The molecule has 0 unspecified atom stereocenters. The average Bonchev–Trinajstić information content (AvgIpc) is 2.30. The van der Waals surface area contributed by atoms with E-state index in [1.165, 1.54) is 0 Å². The predicted octanol–water partition coefficient (Wildman–Crippen LogP) is 0.816. The number of carbonyl (C=O) groups excluding carboxylic acids is 2. The van der Waals surface area contributed by atoms with Crippen molar-refractivity contribution in [2.24, 2.45) is 5.41 Å². The summed E-state index contributed by atoms with van der Waals surface area (Å²) in [5, 5.41) is 14.5.